The minimum atomic E-state index is 0.568. The van der Waals surface area contributed by atoms with Crippen molar-refractivity contribution in [2.45, 2.75) is 12.3 Å². The van der Waals surface area contributed by atoms with Gasteiger partial charge in [-0.2, -0.15) is 0 Å². The first-order chi connectivity index (χ1) is 8.33. The fourth-order valence-electron chi connectivity index (χ4n) is 1.79. The van der Waals surface area contributed by atoms with E-state index in [1.54, 1.807) is 0 Å². The molecule has 0 aliphatic heterocycles. The third-order valence-corrected chi connectivity index (χ3v) is 3.08. The maximum absolute atomic E-state index is 5.77. The van der Waals surface area contributed by atoms with E-state index in [4.69, 9.17) is 11.6 Å². The molecule has 0 radical (unpaired) electrons. The van der Waals surface area contributed by atoms with E-state index in [1.807, 2.05) is 6.08 Å². The van der Waals surface area contributed by atoms with Gasteiger partial charge in [0.05, 0.1) is 0 Å². The first-order valence-corrected chi connectivity index (χ1v) is 6.22. The van der Waals surface area contributed by atoms with Crippen molar-refractivity contribution in [2.24, 2.45) is 0 Å². The minimum absolute atomic E-state index is 0.568. The highest BCUT2D eigenvalue weighted by atomic mass is 35.5. The lowest BCUT2D eigenvalue weighted by Crippen LogP contribution is -1.83. The summed E-state index contributed by atoms with van der Waals surface area (Å²) in [4.78, 5) is 0. The van der Waals surface area contributed by atoms with Crippen molar-refractivity contribution in [1.82, 2.24) is 0 Å². The van der Waals surface area contributed by atoms with E-state index in [-0.39, 0.29) is 0 Å². The molecule has 17 heavy (non-hydrogen) atoms. The number of rotatable bonds is 4. The molecule has 0 fully saturated rings. The number of alkyl halides is 1. The zero-order chi connectivity index (χ0) is 12.1. The summed E-state index contributed by atoms with van der Waals surface area (Å²) in [6.07, 6.45) is 2.84. The minimum Gasteiger partial charge on any atom is -0.122 e. The van der Waals surface area contributed by atoms with E-state index in [2.05, 4.69) is 55.1 Å². The van der Waals surface area contributed by atoms with Gasteiger partial charge < -0.3 is 0 Å². The summed E-state index contributed by atoms with van der Waals surface area (Å²) < 4.78 is 0. The van der Waals surface area contributed by atoms with Gasteiger partial charge in [-0.05, 0) is 28.7 Å². The Hall–Kier alpha value is -1.53. The summed E-state index contributed by atoms with van der Waals surface area (Å²) >= 11 is 5.77. The molecule has 86 valence electrons. The second-order valence-electron chi connectivity index (χ2n) is 4.02. The molecule has 0 atom stereocenters. The van der Waals surface area contributed by atoms with Gasteiger partial charge in [0.25, 0.3) is 0 Å². The van der Waals surface area contributed by atoms with Crippen LogP contribution in [0.15, 0.2) is 61.2 Å². The lowest BCUT2D eigenvalue weighted by molar-refractivity contribution is 1.28. The van der Waals surface area contributed by atoms with E-state index in [0.29, 0.717) is 5.88 Å². The second kappa shape index (κ2) is 5.70. The van der Waals surface area contributed by atoms with Crippen LogP contribution < -0.4 is 0 Å². The summed E-state index contributed by atoms with van der Waals surface area (Å²) in [6, 6.07) is 16.9. The van der Waals surface area contributed by atoms with Crippen molar-refractivity contribution >= 4 is 11.6 Å². The number of halogens is 1. The highest BCUT2D eigenvalue weighted by molar-refractivity contribution is 6.17. The Balaban J connectivity index is 2.23. The molecule has 0 aromatic heterocycles. The Labute approximate surface area is 108 Å². The van der Waals surface area contributed by atoms with Gasteiger partial charge in [0.2, 0.25) is 0 Å². The molecular weight excluding hydrogens is 228 g/mol. The molecule has 0 bridgehead atoms. The van der Waals surface area contributed by atoms with Crippen molar-refractivity contribution in [3.8, 4) is 11.1 Å². The fourth-order valence-corrected chi connectivity index (χ4v) is 1.96. The summed E-state index contributed by atoms with van der Waals surface area (Å²) in [5.74, 6) is 0.568. The van der Waals surface area contributed by atoms with Crippen LogP contribution in [0.4, 0.5) is 0 Å². The molecule has 0 nitrogen and oxygen atoms in total. The number of allylic oxidation sites excluding steroid dienone is 1. The normalized spacial score (nSPS) is 10.2. The molecule has 0 heterocycles. The molecule has 0 N–H and O–H groups in total. The predicted octanol–water partition coefficient (Wildman–Crippen LogP) is 4.82. The van der Waals surface area contributed by atoms with Gasteiger partial charge in [0.1, 0.15) is 0 Å². The standard InChI is InChI=1S/C16H15Cl/c1-2-3-13-4-8-15(9-5-13)16-10-6-14(12-17)7-11-16/h2,4-11H,1,3,12H2. The molecule has 2 rings (SSSR count). The third kappa shape index (κ3) is 2.98. The van der Waals surface area contributed by atoms with Crippen LogP contribution in [0.2, 0.25) is 0 Å². The van der Waals surface area contributed by atoms with Crippen molar-refractivity contribution in [1.29, 1.82) is 0 Å². The number of hydrogen-bond acceptors (Lipinski definition) is 0. The highest BCUT2D eigenvalue weighted by Crippen LogP contribution is 2.21. The quantitative estimate of drug-likeness (QED) is 0.533. The van der Waals surface area contributed by atoms with Gasteiger partial charge in [0, 0.05) is 5.88 Å². The van der Waals surface area contributed by atoms with Gasteiger partial charge >= 0.3 is 0 Å². The van der Waals surface area contributed by atoms with Crippen LogP contribution in [0.1, 0.15) is 11.1 Å². The Morgan fingerprint density at radius 3 is 1.71 bits per heavy atom. The maximum Gasteiger partial charge on any atom is 0.0474 e. The molecule has 2 aromatic rings. The highest BCUT2D eigenvalue weighted by Gasteiger charge is 1.98. The van der Waals surface area contributed by atoms with E-state index < -0.39 is 0 Å². The van der Waals surface area contributed by atoms with E-state index in [0.717, 1.165) is 12.0 Å². The van der Waals surface area contributed by atoms with Crippen molar-refractivity contribution in [3.05, 3.63) is 72.3 Å². The number of hydrogen-bond donors (Lipinski definition) is 0. The Morgan fingerprint density at radius 1 is 0.824 bits per heavy atom. The zero-order valence-electron chi connectivity index (χ0n) is 9.70. The fraction of sp³-hybridized carbons (Fsp3) is 0.125. The average Bonchev–Trinajstić information content (AvgIpc) is 2.40. The van der Waals surface area contributed by atoms with E-state index >= 15 is 0 Å². The van der Waals surface area contributed by atoms with Crippen LogP contribution in [0.5, 0.6) is 0 Å². The van der Waals surface area contributed by atoms with Gasteiger partial charge in [-0.1, -0.05) is 54.6 Å². The molecule has 0 aliphatic carbocycles. The largest absolute Gasteiger partial charge is 0.122 e. The van der Waals surface area contributed by atoms with Crippen LogP contribution in [0, 0.1) is 0 Å². The molecule has 1 heteroatoms. The average molecular weight is 243 g/mol. The summed E-state index contributed by atoms with van der Waals surface area (Å²) in [7, 11) is 0. The Morgan fingerprint density at radius 2 is 1.29 bits per heavy atom. The molecule has 0 saturated carbocycles. The van der Waals surface area contributed by atoms with Crippen molar-refractivity contribution in [2.75, 3.05) is 0 Å². The molecule has 0 saturated heterocycles. The van der Waals surface area contributed by atoms with Crippen LogP contribution in [-0.2, 0) is 12.3 Å². The first-order valence-electron chi connectivity index (χ1n) is 5.68. The van der Waals surface area contributed by atoms with E-state index in [9.17, 15) is 0 Å². The molecule has 0 unspecified atom stereocenters. The monoisotopic (exact) mass is 242 g/mol. The number of benzene rings is 2. The molecule has 0 spiro atoms. The molecular formula is C16H15Cl. The van der Waals surface area contributed by atoms with Crippen molar-refractivity contribution in [3.63, 3.8) is 0 Å². The summed E-state index contributed by atoms with van der Waals surface area (Å²) in [5, 5.41) is 0. The van der Waals surface area contributed by atoms with Crippen LogP contribution >= 0.6 is 11.6 Å². The Bertz CT molecular complexity index is 480. The topological polar surface area (TPSA) is 0 Å². The first kappa shape index (κ1) is 11.9. The van der Waals surface area contributed by atoms with Crippen LogP contribution in [0.25, 0.3) is 11.1 Å². The van der Waals surface area contributed by atoms with Crippen molar-refractivity contribution < 1.29 is 0 Å². The van der Waals surface area contributed by atoms with Gasteiger partial charge in [-0.3, -0.25) is 0 Å². The van der Waals surface area contributed by atoms with Gasteiger partial charge in [-0.25, -0.2) is 0 Å². The SMILES string of the molecule is C=CCc1ccc(-c2ccc(CCl)cc2)cc1. The van der Waals surface area contributed by atoms with Crippen LogP contribution in [0.3, 0.4) is 0 Å². The summed E-state index contributed by atoms with van der Waals surface area (Å²) in [6.45, 7) is 3.74. The van der Waals surface area contributed by atoms with Gasteiger partial charge in [-0.15, -0.1) is 18.2 Å². The lowest BCUT2D eigenvalue weighted by atomic mass is 10.0. The zero-order valence-corrected chi connectivity index (χ0v) is 10.5. The lowest BCUT2D eigenvalue weighted by Gasteiger charge is -2.04. The van der Waals surface area contributed by atoms with Crippen LogP contribution in [-0.4, -0.2) is 0 Å². The summed E-state index contributed by atoms with van der Waals surface area (Å²) in [5.41, 5.74) is 4.91. The molecule has 0 aliphatic rings. The molecule has 0 amide bonds. The smallest absolute Gasteiger partial charge is 0.0474 e. The van der Waals surface area contributed by atoms with E-state index in [1.165, 1.54) is 16.7 Å². The van der Waals surface area contributed by atoms with Gasteiger partial charge in [0.15, 0.2) is 0 Å². The maximum atomic E-state index is 5.77. The Kier molecular flexibility index (Phi) is 4.00. The third-order valence-electron chi connectivity index (χ3n) is 2.78. The predicted molar refractivity (Wildman–Crippen MR) is 75.3 cm³/mol. The molecule has 2 aromatic carbocycles. The second-order valence-corrected chi connectivity index (χ2v) is 4.29.